The van der Waals surface area contributed by atoms with Crippen molar-refractivity contribution in [3.8, 4) is 56.4 Å². The van der Waals surface area contributed by atoms with Crippen molar-refractivity contribution in [1.29, 1.82) is 0 Å². The van der Waals surface area contributed by atoms with Crippen LogP contribution in [-0.2, 0) is 0 Å². The summed E-state index contributed by atoms with van der Waals surface area (Å²) in [5.74, 6) is 1.86. The minimum absolute atomic E-state index is 0.928. The first-order valence-electron chi connectivity index (χ1n) is 19.0. The summed E-state index contributed by atoms with van der Waals surface area (Å²) in [6.07, 6.45) is 0. The number of para-hydroxylation sites is 6. The van der Waals surface area contributed by atoms with Gasteiger partial charge < -0.3 is 0 Å². The lowest BCUT2D eigenvalue weighted by Crippen LogP contribution is -1.97. The zero-order chi connectivity index (χ0) is 37.0. The highest BCUT2D eigenvalue weighted by molar-refractivity contribution is 6.21. The fourth-order valence-electron chi connectivity index (χ4n) is 8.44. The predicted molar refractivity (Wildman–Crippen MR) is 232 cm³/mol. The van der Waals surface area contributed by atoms with Crippen LogP contribution in [0.3, 0.4) is 0 Å². The molecule has 0 aliphatic carbocycles. The lowest BCUT2D eigenvalue weighted by Gasteiger charge is -2.18. The molecule has 0 bridgehead atoms. The maximum Gasteiger partial charge on any atom is 0.145 e. The van der Waals surface area contributed by atoms with E-state index < -0.39 is 0 Å². The molecular weight excluding hydrogens is 681 g/mol. The summed E-state index contributed by atoms with van der Waals surface area (Å²) in [6.45, 7) is 0. The Hall–Kier alpha value is -7.56. The Labute approximate surface area is 324 Å². The molecule has 4 heteroatoms. The largest absolute Gasteiger partial charge is 0.292 e. The number of fused-ring (bicyclic) bond motifs is 4. The average Bonchev–Trinajstić information content (AvgIpc) is 3.86. The lowest BCUT2D eigenvalue weighted by molar-refractivity contribution is 1.10. The normalized spacial score (nSPS) is 11.6. The maximum absolute atomic E-state index is 5.12. The van der Waals surface area contributed by atoms with Crippen molar-refractivity contribution in [3.63, 3.8) is 0 Å². The van der Waals surface area contributed by atoms with Gasteiger partial charge in [-0.05, 0) is 92.3 Å². The van der Waals surface area contributed by atoms with E-state index in [1.165, 1.54) is 43.8 Å². The molecule has 0 amide bonds. The van der Waals surface area contributed by atoms with Crippen LogP contribution in [-0.4, -0.2) is 19.1 Å². The van der Waals surface area contributed by atoms with Gasteiger partial charge in [0.05, 0.1) is 22.1 Å². The number of hydrogen-bond donors (Lipinski definition) is 0. The molecular formula is C52H34N4. The molecule has 0 fully saturated rings. The first kappa shape index (κ1) is 31.9. The smallest absolute Gasteiger partial charge is 0.145 e. The molecule has 0 atom stereocenters. The van der Waals surface area contributed by atoms with Crippen LogP contribution in [0.25, 0.3) is 100 Å². The Morgan fingerprint density at radius 1 is 0.268 bits per heavy atom. The third kappa shape index (κ3) is 5.15. The van der Waals surface area contributed by atoms with E-state index in [4.69, 9.17) is 9.97 Å². The number of hydrogen-bond acceptors (Lipinski definition) is 2. The van der Waals surface area contributed by atoms with E-state index in [1.807, 2.05) is 0 Å². The molecule has 0 saturated heterocycles. The van der Waals surface area contributed by atoms with E-state index in [9.17, 15) is 0 Å². The summed E-state index contributed by atoms with van der Waals surface area (Å²) in [5, 5.41) is 4.89. The zero-order valence-corrected chi connectivity index (χ0v) is 30.4. The summed E-state index contributed by atoms with van der Waals surface area (Å²) >= 11 is 0. The summed E-state index contributed by atoms with van der Waals surface area (Å²) in [7, 11) is 0. The second-order valence-corrected chi connectivity index (χ2v) is 14.2. The van der Waals surface area contributed by atoms with Gasteiger partial charge in [-0.1, -0.05) is 158 Å². The Morgan fingerprint density at radius 2 is 0.571 bits per heavy atom. The minimum atomic E-state index is 0.928. The second kappa shape index (κ2) is 13.1. The van der Waals surface area contributed by atoms with E-state index in [2.05, 4.69) is 215 Å². The van der Waals surface area contributed by atoms with Gasteiger partial charge >= 0.3 is 0 Å². The van der Waals surface area contributed by atoms with Crippen molar-refractivity contribution in [2.45, 2.75) is 0 Å². The van der Waals surface area contributed by atoms with Gasteiger partial charge in [0.1, 0.15) is 11.6 Å². The molecule has 2 aromatic heterocycles. The molecule has 56 heavy (non-hydrogen) atoms. The van der Waals surface area contributed by atoms with Gasteiger partial charge in [0.25, 0.3) is 0 Å². The number of aromatic nitrogens is 4. The SMILES string of the molecule is c1ccc(-n2c(-c3ccc(-c4c5ccccc5c(-c5ccc(-c6nc7ccccc7n6-c6ccccc6)cc5)c5ccccc45)cc3)nc3ccccc32)cc1. The lowest BCUT2D eigenvalue weighted by atomic mass is 9.85. The molecule has 11 aromatic rings. The molecule has 9 aromatic carbocycles. The molecule has 0 aliphatic rings. The molecule has 0 radical (unpaired) electrons. The van der Waals surface area contributed by atoms with Crippen LogP contribution in [0.1, 0.15) is 0 Å². The predicted octanol–water partition coefficient (Wildman–Crippen LogP) is 13.3. The third-order valence-corrected chi connectivity index (χ3v) is 10.9. The standard InChI is InChI=1S/C52H34N4/c1-3-15-39(16-4-1)55-47-25-13-11-23-45(47)53-51(55)37-31-27-35(28-32-37)49-41-19-7-9-21-43(41)50(44-22-10-8-20-42(44)49)36-29-33-38(34-30-36)52-54-46-24-12-14-26-48(46)56(52)40-17-5-2-6-18-40/h1-34H. The maximum atomic E-state index is 5.12. The summed E-state index contributed by atoms with van der Waals surface area (Å²) in [5.41, 5.74) is 13.3. The van der Waals surface area contributed by atoms with Gasteiger partial charge in [0.2, 0.25) is 0 Å². The monoisotopic (exact) mass is 714 g/mol. The highest BCUT2D eigenvalue weighted by atomic mass is 15.1. The number of imidazole rings is 2. The average molecular weight is 715 g/mol. The molecule has 0 spiro atoms. The Kier molecular flexibility index (Phi) is 7.46. The van der Waals surface area contributed by atoms with Crippen LogP contribution in [0.2, 0.25) is 0 Å². The topological polar surface area (TPSA) is 35.6 Å². The van der Waals surface area contributed by atoms with Crippen molar-refractivity contribution in [3.05, 3.63) is 206 Å². The van der Waals surface area contributed by atoms with Crippen molar-refractivity contribution >= 4 is 43.6 Å². The van der Waals surface area contributed by atoms with Crippen LogP contribution in [0.5, 0.6) is 0 Å². The molecule has 0 unspecified atom stereocenters. The van der Waals surface area contributed by atoms with Crippen LogP contribution < -0.4 is 0 Å². The highest BCUT2D eigenvalue weighted by Gasteiger charge is 2.19. The fraction of sp³-hybridized carbons (Fsp3) is 0. The van der Waals surface area contributed by atoms with Crippen LogP contribution in [0.15, 0.2) is 206 Å². The van der Waals surface area contributed by atoms with Crippen LogP contribution >= 0.6 is 0 Å². The molecule has 2 heterocycles. The molecule has 0 N–H and O–H groups in total. The number of rotatable bonds is 6. The van der Waals surface area contributed by atoms with E-state index in [1.54, 1.807) is 0 Å². The third-order valence-electron chi connectivity index (χ3n) is 10.9. The summed E-state index contributed by atoms with van der Waals surface area (Å²) < 4.78 is 4.51. The first-order valence-corrected chi connectivity index (χ1v) is 19.0. The van der Waals surface area contributed by atoms with Gasteiger partial charge in [-0.15, -0.1) is 0 Å². The second-order valence-electron chi connectivity index (χ2n) is 14.2. The molecule has 11 rings (SSSR count). The Balaban J connectivity index is 1.04. The number of benzene rings is 9. The van der Waals surface area contributed by atoms with E-state index in [0.717, 1.165) is 56.2 Å². The molecule has 262 valence electrons. The van der Waals surface area contributed by atoms with Crippen molar-refractivity contribution < 1.29 is 0 Å². The quantitative estimate of drug-likeness (QED) is 0.161. The summed E-state index contributed by atoms with van der Waals surface area (Å²) in [6, 6.07) is 73.2. The van der Waals surface area contributed by atoms with E-state index >= 15 is 0 Å². The fourth-order valence-corrected chi connectivity index (χ4v) is 8.44. The van der Waals surface area contributed by atoms with Gasteiger partial charge in [-0.3, -0.25) is 9.13 Å². The Bertz CT molecular complexity index is 2940. The van der Waals surface area contributed by atoms with Crippen LogP contribution in [0, 0.1) is 0 Å². The van der Waals surface area contributed by atoms with Crippen molar-refractivity contribution in [1.82, 2.24) is 19.1 Å². The molecule has 0 saturated carbocycles. The van der Waals surface area contributed by atoms with Gasteiger partial charge in [0.15, 0.2) is 0 Å². The van der Waals surface area contributed by atoms with Gasteiger partial charge in [-0.25, -0.2) is 9.97 Å². The Morgan fingerprint density at radius 3 is 0.946 bits per heavy atom. The zero-order valence-electron chi connectivity index (χ0n) is 30.4. The van der Waals surface area contributed by atoms with E-state index in [-0.39, 0.29) is 0 Å². The summed E-state index contributed by atoms with van der Waals surface area (Å²) in [4.78, 5) is 10.2. The van der Waals surface area contributed by atoms with E-state index in [0.29, 0.717) is 0 Å². The van der Waals surface area contributed by atoms with Crippen LogP contribution in [0.4, 0.5) is 0 Å². The van der Waals surface area contributed by atoms with Gasteiger partial charge in [-0.2, -0.15) is 0 Å². The number of nitrogens with zero attached hydrogens (tertiary/aromatic N) is 4. The van der Waals surface area contributed by atoms with Crippen molar-refractivity contribution in [2.24, 2.45) is 0 Å². The highest BCUT2D eigenvalue weighted by Crippen LogP contribution is 2.44. The molecule has 4 nitrogen and oxygen atoms in total. The molecule has 0 aliphatic heterocycles. The minimum Gasteiger partial charge on any atom is -0.292 e. The first-order chi connectivity index (χ1) is 27.8. The van der Waals surface area contributed by atoms with Crippen molar-refractivity contribution in [2.75, 3.05) is 0 Å². The van der Waals surface area contributed by atoms with Gasteiger partial charge in [0, 0.05) is 22.5 Å².